The second-order valence-corrected chi connectivity index (χ2v) is 8.92. The molecule has 0 saturated heterocycles. The van der Waals surface area contributed by atoms with Crippen LogP contribution in [0.3, 0.4) is 0 Å². The van der Waals surface area contributed by atoms with E-state index in [2.05, 4.69) is 36.5 Å². The molecule has 0 fully saturated rings. The lowest BCUT2D eigenvalue weighted by molar-refractivity contribution is 0.281. The fraction of sp³-hybridized carbons (Fsp3) is 0.136. The van der Waals surface area contributed by atoms with Gasteiger partial charge in [-0.1, -0.05) is 45.2 Å². The largest absolute Gasteiger partial charge is 0.493 e. The molecule has 2 N–H and O–H groups in total. The van der Waals surface area contributed by atoms with Crippen molar-refractivity contribution in [1.82, 2.24) is 19.9 Å². The maximum absolute atomic E-state index is 6.32. The molecule has 0 saturated carbocycles. The number of aromatic nitrogens is 4. The monoisotopic (exact) mass is 565 g/mol. The van der Waals surface area contributed by atoms with E-state index in [1.54, 1.807) is 36.3 Å². The van der Waals surface area contributed by atoms with Crippen molar-refractivity contribution in [3.05, 3.63) is 85.3 Å². The summed E-state index contributed by atoms with van der Waals surface area (Å²) in [6, 6.07) is 12.7. The molecule has 4 rings (SSSR count). The molecular formula is C22H18BrCl2N5O2S. The van der Waals surface area contributed by atoms with Crippen molar-refractivity contribution in [3.63, 3.8) is 0 Å². The first-order valence-corrected chi connectivity index (χ1v) is 11.7. The normalized spacial score (nSPS) is 10.8. The maximum Gasteiger partial charge on any atom is 0.214 e. The molecule has 11 heteroatoms. The van der Waals surface area contributed by atoms with Gasteiger partial charge in [-0.15, -0.1) is 0 Å². The van der Waals surface area contributed by atoms with Crippen molar-refractivity contribution in [2.45, 2.75) is 13.2 Å². The molecule has 0 unspecified atom stereocenters. The van der Waals surface area contributed by atoms with Gasteiger partial charge in [-0.3, -0.25) is 4.98 Å². The van der Waals surface area contributed by atoms with E-state index < -0.39 is 0 Å². The van der Waals surface area contributed by atoms with Crippen LogP contribution < -0.4 is 14.9 Å². The van der Waals surface area contributed by atoms with Gasteiger partial charge in [-0.2, -0.15) is 5.10 Å². The summed E-state index contributed by atoms with van der Waals surface area (Å²) in [4.78, 5) is 4.05. The summed E-state index contributed by atoms with van der Waals surface area (Å²) in [7, 11) is 1.59. The lowest BCUT2D eigenvalue weighted by Gasteiger charge is -2.18. The number of rotatable bonds is 8. The summed E-state index contributed by atoms with van der Waals surface area (Å²) >= 11 is 21.4. The van der Waals surface area contributed by atoms with Gasteiger partial charge in [-0.25, -0.2) is 9.77 Å². The third-order valence-corrected chi connectivity index (χ3v) is 6.40. The van der Waals surface area contributed by atoms with Crippen LogP contribution in [-0.2, 0) is 13.2 Å². The summed E-state index contributed by atoms with van der Waals surface area (Å²) in [6.07, 6.45) is 3.40. The molecule has 0 bridgehead atoms. The van der Waals surface area contributed by atoms with Gasteiger partial charge in [0.1, 0.15) is 6.61 Å². The van der Waals surface area contributed by atoms with Crippen LogP contribution in [0.2, 0.25) is 10.0 Å². The lowest BCUT2D eigenvalue weighted by atomic mass is 10.1. The molecule has 2 heterocycles. The molecule has 4 aromatic rings. The number of benzene rings is 2. The highest BCUT2D eigenvalue weighted by molar-refractivity contribution is 9.10. The summed E-state index contributed by atoms with van der Waals surface area (Å²) in [5.41, 5.74) is 5.82. The average Bonchev–Trinajstić information content (AvgIpc) is 3.18. The second kappa shape index (κ2) is 10.6. The Bertz CT molecular complexity index is 1330. The third kappa shape index (κ3) is 5.33. The van der Waals surface area contributed by atoms with Crippen LogP contribution in [0.1, 0.15) is 11.1 Å². The highest BCUT2D eigenvalue weighted by Gasteiger charge is 2.17. The molecule has 0 atom stereocenters. The molecule has 2 aromatic carbocycles. The topological polar surface area (TPSA) is 77.0 Å². The van der Waals surface area contributed by atoms with Gasteiger partial charge in [-0.05, 0) is 48.6 Å². The number of methoxy groups -OCH3 is 1. The number of ether oxygens (including phenoxy) is 2. The lowest BCUT2D eigenvalue weighted by Crippen LogP contribution is -2.17. The number of aromatic amines is 1. The fourth-order valence-corrected chi connectivity index (χ4v) is 4.26. The summed E-state index contributed by atoms with van der Waals surface area (Å²) in [5, 5.41) is 8.25. The summed E-state index contributed by atoms with van der Waals surface area (Å²) < 4.78 is 14.7. The Balaban J connectivity index is 1.62. The van der Waals surface area contributed by atoms with Crippen molar-refractivity contribution in [3.8, 4) is 22.9 Å². The van der Waals surface area contributed by atoms with Crippen LogP contribution in [0.15, 0.2) is 59.3 Å². The van der Waals surface area contributed by atoms with Crippen molar-refractivity contribution < 1.29 is 9.47 Å². The van der Waals surface area contributed by atoms with Crippen molar-refractivity contribution in [1.29, 1.82) is 0 Å². The highest BCUT2D eigenvalue weighted by atomic mass is 79.9. The van der Waals surface area contributed by atoms with Crippen LogP contribution in [0.25, 0.3) is 11.4 Å². The zero-order valence-corrected chi connectivity index (χ0v) is 21.2. The Labute approximate surface area is 213 Å². The first kappa shape index (κ1) is 23.6. The maximum atomic E-state index is 6.32. The molecule has 7 nitrogen and oxygen atoms in total. The van der Waals surface area contributed by atoms with Crippen molar-refractivity contribution in [2.24, 2.45) is 0 Å². The molecule has 0 aliphatic rings. The van der Waals surface area contributed by atoms with E-state index in [9.17, 15) is 0 Å². The van der Waals surface area contributed by atoms with Gasteiger partial charge in [0, 0.05) is 43.6 Å². The number of nitrogens with one attached hydrogen (secondary N) is 2. The summed E-state index contributed by atoms with van der Waals surface area (Å²) in [5.74, 6) is 1.80. The third-order valence-electron chi connectivity index (χ3n) is 4.80. The first-order valence-electron chi connectivity index (χ1n) is 9.71. The first-order chi connectivity index (χ1) is 16.0. The van der Waals surface area contributed by atoms with Gasteiger partial charge in [0.2, 0.25) is 4.77 Å². The van der Waals surface area contributed by atoms with Gasteiger partial charge in [0.05, 0.1) is 13.7 Å². The van der Waals surface area contributed by atoms with Crippen LogP contribution in [0.4, 0.5) is 0 Å². The van der Waals surface area contributed by atoms with Crippen LogP contribution in [0.5, 0.6) is 11.5 Å². The number of hydrogen-bond donors (Lipinski definition) is 2. The number of H-pyrrole nitrogens is 1. The minimum Gasteiger partial charge on any atom is -0.493 e. The van der Waals surface area contributed by atoms with Gasteiger partial charge in [0.15, 0.2) is 17.3 Å². The Morgan fingerprint density at radius 3 is 2.67 bits per heavy atom. The summed E-state index contributed by atoms with van der Waals surface area (Å²) in [6.45, 7) is 0.608. The minimum atomic E-state index is 0.239. The van der Waals surface area contributed by atoms with E-state index in [1.807, 2.05) is 30.3 Å². The number of hydrogen-bond acceptors (Lipinski definition) is 6. The van der Waals surface area contributed by atoms with E-state index >= 15 is 0 Å². The average molecular weight is 567 g/mol. The molecule has 0 radical (unpaired) electrons. The molecule has 0 aliphatic carbocycles. The smallest absolute Gasteiger partial charge is 0.214 e. The van der Waals surface area contributed by atoms with E-state index in [0.29, 0.717) is 38.7 Å². The quantitative estimate of drug-likeness (QED) is 0.240. The Kier molecular flexibility index (Phi) is 7.54. The number of halogens is 3. The standard InChI is InChI=1S/C22H18BrCl2N5O2S/c1-31-19-5-4-17(23)16(20(19)32-12-14-2-3-15(24)10-18(14)25)11-27-30-21(28-29-22(30)33)13-6-8-26-9-7-13/h2-10,27H,11-12H2,1H3,(H,29,33). The Morgan fingerprint density at radius 1 is 1.15 bits per heavy atom. The zero-order valence-electron chi connectivity index (χ0n) is 17.3. The van der Waals surface area contributed by atoms with Gasteiger partial charge >= 0.3 is 0 Å². The number of nitrogens with zero attached hydrogens (tertiary/aromatic N) is 3. The van der Waals surface area contributed by atoms with Crippen LogP contribution >= 0.6 is 51.3 Å². The molecule has 0 spiro atoms. The van der Waals surface area contributed by atoms with Gasteiger partial charge in [0.25, 0.3) is 0 Å². The van der Waals surface area contributed by atoms with E-state index in [4.69, 9.17) is 44.9 Å². The number of pyridine rings is 1. The zero-order chi connectivity index (χ0) is 23.4. The van der Waals surface area contributed by atoms with Crippen molar-refractivity contribution in [2.75, 3.05) is 12.5 Å². The predicted molar refractivity (Wildman–Crippen MR) is 135 cm³/mol. The molecule has 170 valence electrons. The molecule has 2 aromatic heterocycles. The van der Waals surface area contributed by atoms with Crippen molar-refractivity contribution >= 4 is 51.3 Å². The highest BCUT2D eigenvalue weighted by Crippen LogP contribution is 2.37. The van der Waals surface area contributed by atoms with E-state index in [0.717, 1.165) is 21.2 Å². The Morgan fingerprint density at radius 2 is 1.94 bits per heavy atom. The SMILES string of the molecule is COc1ccc(Br)c(CNn2c(-c3ccncc3)n[nH]c2=S)c1OCc1ccc(Cl)cc1Cl. The van der Waals surface area contributed by atoms with Gasteiger partial charge < -0.3 is 14.9 Å². The second-order valence-electron chi connectivity index (χ2n) is 6.84. The van der Waals surface area contributed by atoms with Crippen LogP contribution in [0, 0.1) is 4.77 Å². The van der Waals surface area contributed by atoms with E-state index in [-0.39, 0.29) is 6.61 Å². The molecule has 0 aliphatic heterocycles. The molecule has 33 heavy (non-hydrogen) atoms. The van der Waals surface area contributed by atoms with E-state index in [1.165, 1.54) is 0 Å². The molecular weight excluding hydrogens is 549 g/mol. The predicted octanol–water partition coefficient (Wildman–Crippen LogP) is 6.40. The Hall–Kier alpha value is -2.59. The van der Waals surface area contributed by atoms with Crippen LogP contribution in [-0.4, -0.2) is 27.0 Å². The fourth-order valence-electron chi connectivity index (χ4n) is 3.15. The minimum absolute atomic E-state index is 0.239. The molecule has 0 amide bonds.